The first-order valence-corrected chi connectivity index (χ1v) is 5.54. The van der Waals surface area contributed by atoms with E-state index in [1.54, 1.807) is 0 Å². The fraction of sp³-hybridized carbons (Fsp3) is 0.556. The lowest BCUT2D eigenvalue weighted by Gasteiger charge is -2.15. The van der Waals surface area contributed by atoms with Gasteiger partial charge in [0.2, 0.25) is 0 Å². The van der Waals surface area contributed by atoms with E-state index in [1.165, 1.54) is 7.11 Å². The molecule has 0 fully saturated rings. The number of hydrogen-bond donors (Lipinski definition) is 0. The second-order valence-electron chi connectivity index (χ2n) is 2.23. The van der Waals surface area contributed by atoms with E-state index >= 15 is 0 Å². The second kappa shape index (κ2) is 8.49. The van der Waals surface area contributed by atoms with E-state index in [-0.39, 0.29) is 26.4 Å². The van der Waals surface area contributed by atoms with Crippen molar-refractivity contribution in [2.45, 2.75) is 0 Å². The highest BCUT2D eigenvalue weighted by Crippen LogP contribution is 2.48. The molecule has 0 N–H and O–H groups in total. The standard InChI is InChI=1S/C9H13O5P/c1-4-6-12-15(10,13-7-5-2)14-9-8-11-3/h1-2H,6-9H2,3H3. The van der Waals surface area contributed by atoms with Gasteiger partial charge in [0.15, 0.2) is 0 Å². The fourth-order valence-corrected chi connectivity index (χ4v) is 1.56. The zero-order valence-electron chi connectivity index (χ0n) is 8.47. The third kappa shape index (κ3) is 7.16. The Labute approximate surface area is 89.7 Å². The first kappa shape index (κ1) is 14.2. The Balaban J connectivity index is 4.10. The van der Waals surface area contributed by atoms with Gasteiger partial charge in [0, 0.05) is 7.11 Å². The molecule has 15 heavy (non-hydrogen) atoms. The van der Waals surface area contributed by atoms with Gasteiger partial charge in [-0.05, 0) is 0 Å². The second-order valence-corrected chi connectivity index (χ2v) is 3.90. The molecule has 84 valence electrons. The lowest BCUT2D eigenvalue weighted by atomic mass is 10.8. The molecule has 0 saturated carbocycles. The topological polar surface area (TPSA) is 54.0 Å². The van der Waals surface area contributed by atoms with Gasteiger partial charge >= 0.3 is 7.82 Å². The van der Waals surface area contributed by atoms with Crippen molar-refractivity contribution in [1.82, 2.24) is 0 Å². The summed E-state index contributed by atoms with van der Waals surface area (Å²) in [6.07, 6.45) is 9.89. The van der Waals surface area contributed by atoms with Gasteiger partial charge in [-0.3, -0.25) is 13.6 Å². The zero-order chi connectivity index (χ0) is 11.6. The number of phosphoric acid groups is 1. The summed E-state index contributed by atoms with van der Waals surface area (Å²) >= 11 is 0. The molecule has 5 nitrogen and oxygen atoms in total. The van der Waals surface area contributed by atoms with Gasteiger partial charge in [-0.25, -0.2) is 4.57 Å². The molecule has 0 aliphatic heterocycles. The van der Waals surface area contributed by atoms with Crippen LogP contribution in [0.3, 0.4) is 0 Å². The Bertz CT molecular complexity index is 266. The molecular weight excluding hydrogens is 219 g/mol. The largest absolute Gasteiger partial charge is 0.476 e. The third-order valence-electron chi connectivity index (χ3n) is 1.15. The van der Waals surface area contributed by atoms with Gasteiger partial charge in [0.05, 0.1) is 13.2 Å². The Kier molecular flexibility index (Phi) is 8.04. The molecule has 0 bridgehead atoms. The average Bonchev–Trinajstić information content (AvgIpc) is 2.24. The number of hydrogen-bond acceptors (Lipinski definition) is 5. The predicted octanol–water partition coefficient (Wildman–Crippen LogP) is 1.06. The quantitative estimate of drug-likeness (QED) is 0.356. The maximum Gasteiger partial charge on any atom is 0.476 e. The molecule has 0 atom stereocenters. The minimum absolute atomic E-state index is 0.0723. The summed E-state index contributed by atoms with van der Waals surface area (Å²) in [4.78, 5) is 0. The molecule has 0 rings (SSSR count). The molecule has 0 spiro atoms. The fourth-order valence-electron chi connectivity index (χ4n) is 0.577. The van der Waals surface area contributed by atoms with Crippen LogP contribution in [0.15, 0.2) is 0 Å². The summed E-state index contributed by atoms with van der Waals surface area (Å²) in [5.41, 5.74) is 0. The van der Waals surface area contributed by atoms with Crippen LogP contribution in [0, 0.1) is 24.7 Å². The number of ether oxygens (including phenoxy) is 1. The first-order valence-electron chi connectivity index (χ1n) is 4.08. The molecule has 0 unspecified atom stereocenters. The predicted molar refractivity (Wildman–Crippen MR) is 55.0 cm³/mol. The maximum atomic E-state index is 11.7. The van der Waals surface area contributed by atoms with Gasteiger partial charge in [0.1, 0.15) is 13.2 Å². The van der Waals surface area contributed by atoms with Crippen molar-refractivity contribution in [3.05, 3.63) is 0 Å². The molecule has 6 heteroatoms. The van der Waals surface area contributed by atoms with Crippen LogP contribution in [-0.2, 0) is 22.9 Å². The van der Waals surface area contributed by atoms with Crippen LogP contribution < -0.4 is 0 Å². The van der Waals surface area contributed by atoms with E-state index in [4.69, 9.17) is 31.2 Å². The highest BCUT2D eigenvalue weighted by molar-refractivity contribution is 7.48. The third-order valence-corrected chi connectivity index (χ3v) is 2.54. The van der Waals surface area contributed by atoms with Crippen molar-refractivity contribution in [1.29, 1.82) is 0 Å². The van der Waals surface area contributed by atoms with E-state index in [2.05, 4.69) is 11.8 Å². The van der Waals surface area contributed by atoms with Crippen molar-refractivity contribution < 1.29 is 22.9 Å². The van der Waals surface area contributed by atoms with Gasteiger partial charge in [-0.15, -0.1) is 12.8 Å². The zero-order valence-corrected chi connectivity index (χ0v) is 9.37. The molecule has 0 saturated heterocycles. The van der Waals surface area contributed by atoms with Crippen molar-refractivity contribution in [2.24, 2.45) is 0 Å². The van der Waals surface area contributed by atoms with Crippen molar-refractivity contribution in [3.63, 3.8) is 0 Å². The number of methoxy groups -OCH3 is 1. The minimum Gasteiger partial charge on any atom is -0.382 e. The lowest BCUT2D eigenvalue weighted by Crippen LogP contribution is -2.05. The van der Waals surface area contributed by atoms with Crippen LogP contribution in [0.5, 0.6) is 0 Å². The minimum atomic E-state index is -3.65. The summed E-state index contributed by atoms with van der Waals surface area (Å²) in [6, 6.07) is 0. The van der Waals surface area contributed by atoms with Gasteiger partial charge < -0.3 is 4.74 Å². The number of terminal acetylenes is 2. The van der Waals surface area contributed by atoms with Crippen LogP contribution in [0.25, 0.3) is 0 Å². The molecule has 0 amide bonds. The normalized spacial score (nSPS) is 10.6. The van der Waals surface area contributed by atoms with Crippen LogP contribution in [-0.4, -0.2) is 33.5 Å². The smallest absolute Gasteiger partial charge is 0.382 e. The van der Waals surface area contributed by atoms with Crippen molar-refractivity contribution >= 4 is 7.82 Å². The van der Waals surface area contributed by atoms with Gasteiger partial charge in [-0.1, -0.05) is 11.8 Å². The highest BCUT2D eigenvalue weighted by atomic mass is 31.2. The summed E-state index contributed by atoms with van der Waals surface area (Å²) < 4.78 is 30.8. The molecule has 0 heterocycles. The van der Waals surface area contributed by atoms with Gasteiger partial charge in [0.25, 0.3) is 0 Å². The Hall–Kier alpha value is -0.810. The van der Waals surface area contributed by atoms with E-state index in [0.29, 0.717) is 0 Å². The van der Waals surface area contributed by atoms with Crippen LogP contribution in [0.1, 0.15) is 0 Å². The summed E-state index contributed by atoms with van der Waals surface area (Å²) in [6.45, 7) is -0.00456. The van der Waals surface area contributed by atoms with E-state index in [9.17, 15) is 4.57 Å². The number of rotatable bonds is 8. The number of phosphoric ester groups is 1. The summed E-state index contributed by atoms with van der Waals surface area (Å²) in [7, 11) is -2.16. The highest BCUT2D eigenvalue weighted by Gasteiger charge is 2.25. The average molecular weight is 232 g/mol. The Morgan fingerprint density at radius 1 is 1.07 bits per heavy atom. The van der Waals surface area contributed by atoms with Crippen LogP contribution in [0.4, 0.5) is 0 Å². The SMILES string of the molecule is C#CCOP(=O)(OCC#C)OCCOC. The first-order chi connectivity index (χ1) is 7.18. The van der Waals surface area contributed by atoms with E-state index in [0.717, 1.165) is 0 Å². The molecular formula is C9H13O5P. The molecule has 0 aromatic rings. The summed E-state index contributed by atoms with van der Waals surface area (Å²) in [5.74, 6) is 4.31. The molecule has 0 aromatic heterocycles. The van der Waals surface area contributed by atoms with E-state index < -0.39 is 7.82 Å². The molecule has 0 radical (unpaired) electrons. The lowest BCUT2D eigenvalue weighted by molar-refractivity contribution is 0.0945. The monoisotopic (exact) mass is 232 g/mol. The summed E-state index contributed by atoms with van der Waals surface area (Å²) in [5, 5.41) is 0. The Morgan fingerprint density at radius 2 is 1.60 bits per heavy atom. The Morgan fingerprint density at radius 3 is 2.00 bits per heavy atom. The maximum absolute atomic E-state index is 11.7. The van der Waals surface area contributed by atoms with Crippen molar-refractivity contribution in [3.8, 4) is 24.7 Å². The van der Waals surface area contributed by atoms with Crippen LogP contribution in [0.2, 0.25) is 0 Å². The van der Waals surface area contributed by atoms with E-state index in [1.807, 2.05) is 0 Å². The molecule has 0 aliphatic rings. The van der Waals surface area contributed by atoms with Gasteiger partial charge in [-0.2, -0.15) is 0 Å². The molecule has 0 aliphatic carbocycles. The van der Waals surface area contributed by atoms with Crippen LogP contribution >= 0.6 is 7.82 Å². The molecule has 0 aromatic carbocycles. The van der Waals surface area contributed by atoms with Crippen molar-refractivity contribution in [2.75, 3.05) is 33.5 Å².